The first-order chi connectivity index (χ1) is 11.7. The van der Waals surface area contributed by atoms with Crippen molar-refractivity contribution in [2.45, 2.75) is 20.8 Å². The molecule has 24 heavy (non-hydrogen) atoms. The fourth-order valence-corrected chi connectivity index (χ4v) is 2.50. The number of allylic oxidation sites excluding steroid dienone is 3. The molecule has 0 aliphatic heterocycles. The quantitative estimate of drug-likeness (QED) is 0.855. The van der Waals surface area contributed by atoms with Crippen molar-refractivity contribution in [2.75, 3.05) is 7.11 Å². The number of nitriles is 1. The summed E-state index contributed by atoms with van der Waals surface area (Å²) in [5.41, 5.74) is 6.84. The molecular formula is C21H20N2O. The van der Waals surface area contributed by atoms with Crippen molar-refractivity contribution in [1.29, 1.82) is 5.26 Å². The molecule has 0 saturated heterocycles. The average Bonchev–Trinajstić information content (AvgIpc) is 2.86. The Morgan fingerprint density at radius 2 is 1.88 bits per heavy atom. The number of aryl methyl sites for hydroxylation is 1. The van der Waals surface area contributed by atoms with Crippen LogP contribution in [-0.2, 0) is 0 Å². The van der Waals surface area contributed by atoms with Crippen LogP contribution in [0.4, 0.5) is 0 Å². The molecule has 1 heterocycles. The van der Waals surface area contributed by atoms with Crippen molar-refractivity contribution in [1.82, 2.24) is 4.98 Å². The average molecular weight is 316 g/mol. The standard InChI is InChI=1S/C19H14N2O.C2H6/c1-13-12-21-18-16(15-9-7-14(11-20)8-10-15)5-3-4-6-17(18)19(13)22-2;1-2/h3-5,7-10,12H,1-2H3;1-2H3. The molecule has 3 heteroatoms. The lowest BCUT2D eigenvalue weighted by Crippen LogP contribution is -2.31. The number of methoxy groups -OCH3 is 1. The van der Waals surface area contributed by atoms with Gasteiger partial charge < -0.3 is 4.74 Å². The highest BCUT2D eigenvalue weighted by Gasteiger charge is 2.08. The summed E-state index contributed by atoms with van der Waals surface area (Å²) in [6.07, 6.45) is 7.60. The van der Waals surface area contributed by atoms with Crippen molar-refractivity contribution in [3.63, 3.8) is 0 Å². The number of pyridine rings is 1. The summed E-state index contributed by atoms with van der Waals surface area (Å²) in [4.78, 5) is 4.57. The monoisotopic (exact) mass is 316 g/mol. The lowest BCUT2D eigenvalue weighted by Gasteiger charge is -2.07. The van der Waals surface area contributed by atoms with E-state index >= 15 is 0 Å². The zero-order valence-electron chi connectivity index (χ0n) is 14.4. The van der Waals surface area contributed by atoms with E-state index in [4.69, 9.17) is 10.00 Å². The zero-order valence-corrected chi connectivity index (χ0v) is 14.4. The number of ether oxygens (including phenoxy) is 1. The van der Waals surface area contributed by atoms with E-state index in [1.807, 2.05) is 69.5 Å². The van der Waals surface area contributed by atoms with Crippen molar-refractivity contribution < 1.29 is 4.74 Å². The van der Waals surface area contributed by atoms with Crippen LogP contribution in [0, 0.1) is 18.3 Å². The van der Waals surface area contributed by atoms with Gasteiger partial charge in [-0.2, -0.15) is 5.26 Å². The molecule has 3 rings (SSSR count). The van der Waals surface area contributed by atoms with E-state index in [0.29, 0.717) is 5.56 Å². The molecule has 0 atom stereocenters. The highest BCUT2D eigenvalue weighted by molar-refractivity contribution is 5.75. The van der Waals surface area contributed by atoms with Crippen LogP contribution in [-0.4, -0.2) is 12.1 Å². The molecule has 0 amide bonds. The van der Waals surface area contributed by atoms with E-state index in [9.17, 15) is 0 Å². The Morgan fingerprint density at radius 1 is 1.17 bits per heavy atom. The Morgan fingerprint density at radius 3 is 2.50 bits per heavy atom. The van der Waals surface area contributed by atoms with Gasteiger partial charge in [-0.25, -0.2) is 0 Å². The normalized spacial score (nSPS) is 11.4. The van der Waals surface area contributed by atoms with Crippen LogP contribution < -0.4 is 15.3 Å². The third kappa shape index (κ3) is 3.30. The van der Waals surface area contributed by atoms with E-state index in [1.165, 1.54) is 0 Å². The van der Waals surface area contributed by atoms with Gasteiger partial charge in [0.05, 0.1) is 29.3 Å². The lowest BCUT2D eigenvalue weighted by atomic mass is 10.0. The summed E-state index contributed by atoms with van der Waals surface area (Å²) in [6.45, 7) is 5.97. The van der Waals surface area contributed by atoms with E-state index < -0.39 is 0 Å². The number of rotatable bonds is 2. The van der Waals surface area contributed by atoms with E-state index in [-0.39, 0.29) is 0 Å². The van der Waals surface area contributed by atoms with E-state index in [2.05, 4.69) is 16.8 Å². The Hall–Kier alpha value is -3.08. The molecule has 0 fully saturated rings. The second-order valence-corrected chi connectivity index (χ2v) is 4.97. The molecule has 1 aliphatic carbocycles. The van der Waals surface area contributed by atoms with Crippen LogP contribution in [0.3, 0.4) is 0 Å². The smallest absolute Gasteiger partial charge is 0.140 e. The first kappa shape index (κ1) is 17.3. The minimum absolute atomic E-state index is 0.640. The van der Waals surface area contributed by atoms with Crippen molar-refractivity contribution in [3.05, 3.63) is 75.9 Å². The molecule has 2 aromatic rings. The number of hydrogen-bond donors (Lipinski definition) is 0. The summed E-state index contributed by atoms with van der Waals surface area (Å²) in [7, 11) is 1.66. The van der Waals surface area contributed by atoms with Gasteiger partial charge in [-0.15, -0.1) is 5.73 Å². The number of nitrogens with zero attached hydrogens (tertiary/aromatic N) is 2. The summed E-state index contributed by atoms with van der Waals surface area (Å²) < 4.78 is 5.51. The van der Waals surface area contributed by atoms with E-state index in [0.717, 1.165) is 33.0 Å². The first-order valence-electron chi connectivity index (χ1n) is 7.92. The Kier molecular flexibility index (Phi) is 5.73. The molecule has 120 valence electrons. The first-order valence-corrected chi connectivity index (χ1v) is 7.92. The van der Waals surface area contributed by atoms with Gasteiger partial charge in [0.25, 0.3) is 0 Å². The van der Waals surface area contributed by atoms with Gasteiger partial charge in [0, 0.05) is 17.3 Å². The van der Waals surface area contributed by atoms with Crippen molar-refractivity contribution in [3.8, 4) is 11.8 Å². The third-order valence-electron chi connectivity index (χ3n) is 3.58. The lowest BCUT2D eigenvalue weighted by molar-refractivity contribution is 0.407. The van der Waals surface area contributed by atoms with Gasteiger partial charge >= 0.3 is 0 Å². The largest absolute Gasteiger partial charge is 0.495 e. The predicted molar refractivity (Wildman–Crippen MR) is 96.9 cm³/mol. The van der Waals surface area contributed by atoms with Crippen LogP contribution in [0.15, 0.2) is 48.7 Å². The fourth-order valence-electron chi connectivity index (χ4n) is 2.50. The maximum absolute atomic E-state index is 8.93. The summed E-state index contributed by atoms with van der Waals surface area (Å²) in [5.74, 6) is 0.788. The van der Waals surface area contributed by atoms with Crippen molar-refractivity contribution >= 4 is 11.3 Å². The molecule has 0 spiro atoms. The van der Waals surface area contributed by atoms with Gasteiger partial charge in [-0.3, -0.25) is 4.98 Å². The maximum atomic E-state index is 8.93. The maximum Gasteiger partial charge on any atom is 0.140 e. The summed E-state index contributed by atoms with van der Waals surface area (Å²) >= 11 is 0. The molecule has 0 N–H and O–H groups in total. The molecule has 0 unspecified atom stereocenters. The molecule has 0 radical (unpaired) electrons. The van der Waals surface area contributed by atoms with Crippen LogP contribution in [0.5, 0.6) is 5.75 Å². The molecular weight excluding hydrogens is 296 g/mol. The highest BCUT2D eigenvalue weighted by atomic mass is 16.5. The van der Waals surface area contributed by atoms with Crippen LogP contribution in [0.1, 0.15) is 30.5 Å². The molecule has 0 bridgehead atoms. The Bertz CT molecular complexity index is 955. The molecule has 1 aliphatic rings. The topological polar surface area (TPSA) is 45.9 Å². The highest BCUT2D eigenvalue weighted by Crippen LogP contribution is 2.15. The van der Waals surface area contributed by atoms with Crippen LogP contribution >= 0.6 is 0 Å². The minimum atomic E-state index is 0.640. The fraction of sp³-hybridized carbons (Fsp3) is 0.190. The Labute approximate surface area is 142 Å². The zero-order chi connectivity index (χ0) is 17.5. The van der Waals surface area contributed by atoms with Crippen molar-refractivity contribution in [2.24, 2.45) is 0 Å². The second kappa shape index (κ2) is 7.97. The van der Waals surface area contributed by atoms with Gasteiger partial charge in [-0.05, 0) is 30.7 Å². The number of hydrogen-bond acceptors (Lipinski definition) is 3. The SMILES string of the molecule is CC.COc1c(C)cnc2c1=C=CC=CC=2c1ccc(C#N)cc1. The second-order valence-electron chi connectivity index (χ2n) is 4.97. The van der Waals surface area contributed by atoms with Crippen LogP contribution in [0.2, 0.25) is 0 Å². The number of fused-ring (bicyclic) bond motifs is 1. The molecule has 3 nitrogen and oxygen atoms in total. The summed E-state index contributed by atoms with van der Waals surface area (Å²) in [5, 5.41) is 10.6. The van der Waals surface area contributed by atoms with Gasteiger partial charge in [0.15, 0.2) is 0 Å². The third-order valence-corrected chi connectivity index (χ3v) is 3.58. The number of aromatic nitrogens is 1. The van der Waals surface area contributed by atoms with Gasteiger partial charge in [0.1, 0.15) is 5.75 Å². The van der Waals surface area contributed by atoms with Gasteiger partial charge in [-0.1, -0.05) is 38.1 Å². The predicted octanol–water partition coefficient (Wildman–Crippen LogP) is 3.00. The summed E-state index contributed by atoms with van der Waals surface area (Å²) in [6, 6.07) is 9.61. The Balaban J connectivity index is 0.00000100. The molecule has 1 aromatic heterocycles. The van der Waals surface area contributed by atoms with Gasteiger partial charge in [0.2, 0.25) is 0 Å². The van der Waals surface area contributed by atoms with E-state index in [1.54, 1.807) is 7.11 Å². The molecule has 0 saturated carbocycles. The molecule has 1 aromatic carbocycles. The minimum Gasteiger partial charge on any atom is -0.495 e. The number of benzene rings is 1. The van der Waals surface area contributed by atoms with Crippen LogP contribution in [0.25, 0.3) is 11.3 Å².